The Bertz CT molecular complexity index is 1520. The molecule has 0 saturated carbocycles. The van der Waals surface area contributed by atoms with Crippen molar-refractivity contribution in [2.75, 3.05) is 13.2 Å². The van der Waals surface area contributed by atoms with Crippen molar-refractivity contribution in [3.63, 3.8) is 0 Å². The van der Waals surface area contributed by atoms with Crippen molar-refractivity contribution >= 4 is 16.9 Å². The third kappa shape index (κ3) is 4.69. The summed E-state index contributed by atoms with van der Waals surface area (Å²) in [5.74, 6) is 1.56. The van der Waals surface area contributed by atoms with Crippen LogP contribution in [0.25, 0.3) is 11.0 Å². The molecule has 7 nitrogen and oxygen atoms in total. The first-order valence-electron chi connectivity index (χ1n) is 13.2. The molecule has 0 fully saturated rings. The zero-order valence-electron chi connectivity index (χ0n) is 22.3. The number of carbonyl (C=O) groups excluding carboxylic acids is 1. The van der Waals surface area contributed by atoms with Gasteiger partial charge in [-0.25, -0.2) is 0 Å². The zero-order valence-corrected chi connectivity index (χ0v) is 22.3. The molecule has 38 heavy (non-hydrogen) atoms. The number of carbonyl (C=O) groups is 1. The lowest BCUT2D eigenvalue weighted by atomic mass is 9.96. The fraction of sp³-hybridized carbons (Fsp3) is 0.355. The lowest BCUT2D eigenvalue weighted by Gasteiger charge is -2.25. The summed E-state index contributed by atoms with van der Waals surface area (Å²) in [7, 11) is 0. The lowest BCUT2D eigenvalue weighted by molar-refractivity contribution is 0.0701. The van der Waals surface area contributed by atoms with Crippen LogP contribution in [0.2, 0.25) is 0 Å². The van der Waals surface area contributed by atoms with Crippen LogP contribution >= 0.6 is 0 Å². The van der Waals surface area contributed by atoms with E-state index >= 15 is 0 Å². The molecule has 0 radical (unpaired) electrons. The molecule has 0 N–H and O–H groups in total. The van der Waals surface area contributed by atoms with E-state index in [9.17, 15) is 9.59 Å². The molecule has 4 aromatic rings. The molecule has 1 atom stereocenters. The highest BCUT2D eigenvalue weighted by molar-refractivity contribution is 5.99. The quantitative estimate of drug-likeness (QED) is 0.218. The molecule has 0 saturated heterocycles. The van der Waals surface area contributed by atoms with Gasteiger partial charge in [-0.15, -0.1) is 0 Å². The van der Waals surface area contributed by atoms with E-state index in [0.29, 0.717) is 47.0 Å². The second-order valence-electron chi connectivity index (χ2n) is 9.74. The number of nitrogens with zero attached hydrogens (tertiary/aromatic N) is 1. The van der Waals surface area contributed by atoms with Crippen LogP contribution in [0.5, 0.6) is 11.5 Å². The molecule has 2 aromatic carbocycles. The van der Waals surface area contributed by atoms with E-state index in [4.69, 9.17) is 18.3 Å². The number of unbranched alkanes of at least 4 members (excludes halogenated alkanes) is 2. The fourth-order valence-corrected chi connectivity index (χ4v) is 5.21. The fourth-order valence-electron chi connectivity index (χ4n) is 5.21. The topological polar surface area (TPSA) is 82.1 Å². The van der Waals surface area contributed by atoms with Gasteiger partial charge >= 0.3 is 0 Å². The number of furan rings is 1. The van der Waals surface area contributed by atoms with E-state index in [1.165, 1.54) is 0 Å². The first-order chi connectivity index (χ1) is 18.4. The molecule has 1 aliphatic heterocycles. The molecule has 0 spiro atoms. The molecule has 198 valence electrons. The summed E-state index contributed by atoms with van der Waals surface area (Å²) in [6.45, 7) is 9.13. The number of fused-ring (bicyclic) bond motifs is 2. The van der Waals surface area contributed by atoms with Gasteiger partial charge in [0.15, 0.2) is 16.9 Å². The highest BCUT2D eigenvalue weighted by Crippen LogP contribution is 2.42. The smallest absolute Gasteiger partial charge is 0.291 e. The largest absolute Gasteiger partial charge is 0.490 e. The number of hydrogen-bond donors (Lipinski definition) is 0. The van der Waals surface area contributed by atoms with Crippen molar-refractivity contribution in [1.82, 2.24) is 4.90 Å². The van der Waals surface area contributed by atoms with Gasteiger partial charge < -0.3 is 23.2 Å². The number of ether oxygens (including phenoxy) is 2. The molecule has 3 heterocycles. The van der Waals surface area contributed by atoms with Crippen molar-refractivity contribution in [3.8, 4) is 11.5 Å². The third-order valence-corrected chi connectivity index (χ3v) is 6.91. The van der Waals surface area contributed by atoms with Crippen molar-refractivity contribution < 1.29 is 23.1 Å². The van der Waals surface area contributed by atoms with Gasteiger partial charge in [-0.1, -0.05) is 31.9 Å². The highest BCUT2D eigenvalue weighted by Gasteiger charge is 2.43. The van der Waals surface area contributed by atoms with Gasteiger partial charge in [0.2, 0.25) is 5.76 Å². The Morgan fingerprint density at radius 2 is 1.82 bits per heavy atom. The molecule has 1 amide bonds. The van der Waals surface area contributed by atoms with E-state index in [1.54, 1.807) is 23.3 Å². The monoisotopic (exact) mass is 515 g/mol. The van der Waals surface area contributed by atoms with Gasteiger partial charge in [0, 0.05) is 0 Å². The maximum Gasteiger partial charge on any atom is 0.291 e. The highest BCUT2D eigenvalue weighted by atomic mass is 16.5. The van der Waals surface area contributed by atoms with Crippen LogP contribution in [-0.4, -0.2) is 24.0 Å². The van der Waals surface area contributed by atoms with Crippen molar-refractivity contribution in [1.29, 1.82) is 0 Å². The molecular weight excluding hydrogens is 482 g/mol. The summed E-state index contributed by atoms with van der Waals surface area (Å²) >= 11 is 0. The summed E-state index contributed by atoms with van der Waals surface area (Å²) < 4.78 is 23.7. The van der Waals surface area contributed by atoms with Gasteiger partial charge in [0.05, 0.1) is 43.0 Å². The van der Waals surface area contributed by atoms with E-state index < -0.39 is 6.04 Å². The van der Waals surface area contributed by atoms with Gasteiger partial charge in [0.1, 0.15) is 11.3 Å². The van der Waals surface area contributed by atoms with E-state index in [0.717, 1.165) is 36.0 Å². The Balaban J connectivity index is 1.65. The average Bonchev–Trinajstić information content (AvgIpc) is 3.49. The molecule has 0 aliphatic carbocycles. The standard InChI is InChI=1S/C31H33NO6/c1-5-7-8-13-37-23-12-11-21(17-24(23)35-6-2)28-27-29(33)26-20(4)15-19(3)16-25(26)38-30(27)31(34)32(28)18-22-10-9-14-36-22/h9-12,14-17,28H,5-8,13,18H2,1-4H3. The van der Waals surface area contributed by atoms with Crippen molar-refractivity contribution in [2.24, 2.45) is 0 Å². The Morgan fingerprint density at radius 3 is 2.55 bits per heavy atom. The summed E-state index contributed by atoms with van der Waals surface area (Å²) in [6.07, 6.45) is 4.73. The van der Waals surface area contributed by atoms with E-state index in [1.807, 2.05) is 51.1 Å². The van der Waals surface area contributed by atoms with Crippen LogP contribution in [0.3, 0.4) is 0 Å². The zero-order chi connectivity index (χ0) is 26.8. The first kappa shape index (κ1) is 25.6. The normalized spacial score (nSPS) is 14.8. The Hall–Kier alpha value is -4.00. The number of rotatable bonds is 10. The molecular formula is C31H33NO6. The lowest BCUT2D eigenvalue weighted by Crippen LogP contribution is -2.29. The van der Waals surface area contributed by atoms with Crippen molar-refractivity contribution in [2.45, 2.75) is 59.5 Å². The van der Waals surface area contributed by atoms with Crippen molar-refractivity contribution in [3.05, 3.63) is 92.7 Å². The number of hydrogen-bond acceptors (Lipinski definition) is 6. The van der Waals surface area contributed by atoms with Crippen LogP contribution in [0, 0.1) is 13.8 Å². The van der Waals surface area contributed by atoms with Gasteiger partial charge in [-0.3, -0.25) is 9.59 Å². The maximum absolute atomic E-state index is 14.0. The Morgan fingerprint density at radius 1 is 0.974 bits per heavy atom. The van der Waals surface area contributed by atoms with Crippen LogP contribution in [0.1, 0.15) is 77.7 Å². The molecule has 7 heteroatoms. The number of aryl methyl sites for hydroxylation is 2. The van der Waals surface area contributed by atoms with E-state index in [-0.39, 0.29) is 23.6 Å². The minimum Gasteiger partial charge on any atom is -0.490 e. The average molecular weight is 516 g/mol. The van der Waals surface area contributed by atoms with Crippen LogP contribution in [0.15, 0.2) is 62.4 Å². The van der Waals surface area contributed by atoms with Gasteiger partial charge in [-0.05, 0) is 74.2 Å². The predicted octanol–water partition coefficient (Wildman–Crippen LogP) is 6.72. The van der Waals surface area contributed by atoms with Crippen LogP contribution in [0.4, 0.5) is 0 Å². The SMILES string of the molecule is CCCCCOc1ccc(C2c3c(oc4cc(C)cc(C)c4c3=O)C(=O)N2Cc2ccco2)cc1OCC. The third-order valence-electron chi connectivity index (χ3n) is 6.91. The summed E-state index contributed by atoms with van der Waals surface area (Å²) in [5, 5.41) is 0.493. The summed E-state index contributed by atoms with van der Waals surface area (Å²) in [6, 6.07) is 12.3. The molecule has 1 unspecified atom stereocenters. The summed E-state index contributed by atoms with van der Waals surface area (Å²) in [5.41, 5.74) is 3.08. The Kier molecular flexibility index (Phi) is 7.27. The number of benzene rings is 2. The number of amides is 1. The summed E-state index contributed by atoms with van der Waals surface area (Å²) in [4.78, 5) is 29.4. The minimum atomic E-state index is -0.669. The second kappa shape index (κ2) is 10.8. The minimum absolute atomic E-state index is 0.0712. The molecule has 0 bridgehead atoms. The molecule has 5 rings (SSSR count). The van der Waals surface area contributed by atoms with E-state index in [2.05, 4.69) is 6.92 Å². The Labute approximate surface area is 222 Å². The maximum atomic E-state index is 14.0. The second-order valence-corrected chi connectivity index (χ2v) is 9.74. The van der Waals surface area contributed by atoms with Gasteiger partial charge in [-0.2, -0.15) is 0 Å². The van der Waals surface area contributed by atoms with Crippen LogP contribution in [-0.2, 0) is 6.54 Å². The first-order valence-corrected chi connectivity index (χ1v) is 13.2. The molecule has 2 aromatic heterocycles. The predicted molar refractivity (Wildman–Crippen MR) is 145 cm³/mol. The van der Waals surface area contributed by atoms with Crippen LogP contribution < -0.4 is 14.9 Å². The molecule has 1 aliphatic rings. The van der Waals surface area contributed by atoms with Gasteiger partial charge in [0.25, 0.3) is 5.91 Å².